The molecule has 2 heteroatoms. The Bertz CT molecular complexity index is 2730. The predicted molar refractivity (Wildman–Crippen MR) is 227 cm³/mol. The van der Waals surface area contributed by atoms with Gasteiger partial charge in [-0.25, -0.2) is 0 Å². The van der Waals surface area contributed by atoms with Gasteiger partial charge in [0.1, 0.15) is 0 Å². The highest BCUT2D eigenvalue weighted by molar-refractivity contribution is 6.15. The molecule has 0 fully saturated rings. The van der Waals surface area contributed by atoms with Gasteiger partial charge in [0.15, 0.2) is 0 Å². The van der Waals surface area contributed by atoms with Crippen LogP contribution in [0, 0.1) is 11.8 Å². The van der Waals surface area contributed by atoms with Crippen LogP contribution in [0.5, 0.6) is 0 Å². The second-order valence-electron chi connectivity index (χ2n) is 15.6. The molecule has 11 rings (SSSR count). The molecule has 0 spiro atoms. The summed E-state index contributed by atoms with van der Waals surface area (Å²) in [5, 5.41) is 2.79. The van der Waals surface area contributed by atoms with Crippen LogP contribution >= 0.6 is 0 Å². The van der Waals surface area contributed by atoms with Gasteiger partial charge in [-0.15, -0.1) is 0 Å². The van der Waals surface area contributed by atoms with E-state index in [1.807, 2.05) is 0 Å². The largest absolute Gasteiger partial charge is 0.312 e. The van der Waals surface area contributed by atoms with E-state index in [2.05, 4.69) is 175 Å². The minimum absolute atomic E-state index is 0.0513. The summed E-state index contributed by atoms with van der Waals surface area (Å²) in [6.07, 6.45) is 20.8. The van der Waals surface area contributed by atoms with Gasteiger partial charge in [-0.3, -0.25) is 4.99 Å². The Morgan fingerprint density at radius 1 is 0.722 bits per heavy atom. The average Bonchev–Trinajstić information content (AvgIpc) is 3.58. The van der Waals surface area contributed by atoms with Crippen LogP contribution in [0.1, 0.15) is 71.5 Å². The number of hydrogen-bond donors (Lipinski definition) is 0. The fourth-order valence-electron chi connectivity index (χ4n) is 10.3. The molecule has 5 aromatic carbocycles. The van der Waals surface area contributed by atoms with E-state index in [4.69, 9.17) is 4.99 Å². The summed E-state index contributed by atoms with van der Waals surface area (Å²) in [5.74, 6) is 0.760. The molecule has 6 aromatic rings. The molecular formula is C52H42N2. The molecule has 0 N–H and O–H groups in total. The molecule has 4 atom stereocenters. The number of aliphatic imine (C=N–C) groups is 1. The number of benzene rings is 5. The third kappa shape index (κ3) is 4.82. The lowest BCUT2D eigenvalue weighted by molar-refractivity contribution is 0.496. The molecule has 0 bridgehead atoms. The van der Waals surface area contributed by atoms with E-state index in [0.717, 1.165) is 31.4 Å². The third-order valence-corrected chi connectivity index (χ3v) is 12.8. The molecule has 0 radical (unpaired) electrons. The highest BCUT2D eigenvalue weighted by Crippen LogP contribution is 2.56. The van der Waals surface area contributed by atoms with E-state index in [0.29, 0.717) is 0 Å². The van der Waals surface area contributed by atoms with Gasteiger partial charge in [-0.05, 0) is 88.4 Å². The number of aryl methyl sites for hydroxylation is 1. The number of hydrogen-bond acceptors (Lipinski definition) is 1. The van der Waals surface area contributed by atoms with Gasteiger partial charge in [0, 0.05) is 39.8 Å². The van der Waals surface area contributed by atoms with Crippen LogP contribution in [0.15, 0.2) is 179 Å². The van der Waals surface area contributed by atoms with Crippen molar-refractivity contribution in [3.8, 4) is 0 Å². The summed E-state index contributed by atoms with van der Waals surface area (Å²) in [7, 11) is 0. The van der Waals surface area contributed by atoms with Crippen LogP contribution in [-0.2, 0) is 6.42 Å². The van der Waals surface area contributed by atoms with Gasteiger partial charge >= 0.3 is 0 Å². The second-order valence-corrected chi connectivity index (χ2v) is 15.6. The first-order valence-electron chi connectivity index (χ1n) is 19.8. The maximum Gasteiger partial charge on any atom is 0.0819 e. The van der Waals surface area contributed by atoms with Crippen molar-refractivity contribution in [1.82, 2.24) is 4.57 Å². The Balaban J connectivity index is 1.16. The smallest absolute Gasteiger partial charge is 0.0819 e. The Labute approximate surface area is 317 Å². The van der Waals surface area contributed by atoms with Crippen LogP contribution < -0.4 is 0 Å². The van der Waals surface area contributed by atoms with E-state index in [1.165, 1.54) is 83.2 Å². The monoisotopic (exact) mass is 694 g/mol. The average molecular weight is 695 g/mol. The number of nitrogens with zero attached hydrogens (tertiary/aromatic N) is 2. The molecule has 3 unspecified atom stereocenters. The molecule has 0 amide bonds. The highest BCUT2D eigenvalue weighted by atomic mass is 15.0. The van der Waals surface area contributed by atoms with Crippen molar-refractivity contribution in [2.45, 2.75) is 44.6 Å². The summed E-state index contributed by atoms with van der Waals surface area (Å²) in [6.45, 7) is 2.40. The van der Waals surface area contributed by atoms with Crippen LogP contribution in [0.2, 0.25) is 0 Å². The quantitative estimate of drug-likeness (QED) is 0.175. The molecular weight excluding hydrogens is 653 g/mol. The maximum absolute atomic E-state index is 5.47. The van der Waals surface area contributed by atoms with Crippen molar-refractivity contribution in [3.63, 3.8) is 0 Å². The first-order chi connectivity index (χ1) is 26.7. The van der Waals surface area contributed by atoms with Crippen molar-refractivity contribution in [1.29, 1.82) is 0 Å². The van der Waals surface area contributed by atoms with Gasteiger partial charge in [0.25, 0.3) is 0 Å². The van der Waals surface area contributed by atoms with Gasteiger partial charge in [0.2, 0.25) is 0 Å². The van der Waals surface area contributed by atoms with E-state index in [1.54, 1.807) is 0 Å². The van der Waals surface area contributed by atoms with Crippen molar-refractivity contribution >= 4 is 44.9 Å². The lowest BCUT2D eigenvalue weighted by atomic mass is 9.65. The highest BCUT2D eigenvalue weighted by Gasteiger charge is 2.40. The number of fused-ring (bicyclic) bond motifs is 9. The van der Waals surface area contributed by atoms with Crippen LogP contribution in [-0.4, -0.2) is 10.3 Å². The van der Waals surface area contributed by atoms with Crippen molar-refractivity contribution in [3.05, 3.63) is 208 Å². The molecule has 2 heterocycles. The topological polar surface area (TPSA) is 17.3 Å². The maximum atomic E-state index is 5.47. The molecule has 0 saturated heterocycles. The van der Waals surface area contributed by atoms with Crippen LogP contribution in [0.25, 0.3) is 39.2 Å². The lowest BCUT2D eigenvalue weighted by Gasteiger charge is -2.41. The summed E-state index contributed by atoms with van der Waals surface area (Å²) in [5.41, 5.74) is 19.1. The zero-order valence-electron chi connectivity index (χ0n) is 30.6. The van der Waals surface area contributed by atoms with Gasteiger partial charge in [0.05, 0.1) is 22.8 Å². The molecule has 1 aliphatic heterocycles. The number of para-hydroxylation sites is 1. The Morgan fingerprint density at radius 2 is 1.52 bits per heavy atom. The molecule has 5 aliphatic rings. The first kappa shape index (κ1) is 31.5. The van der Waals surface area contributed by atoms with Gasteiger partial charge < -0.3 is 4.57 Å². The fourth-order valence-corrected chi connectivity index (χ4v) is 10.3. The van der Waals surface area contributed by atoms with Gasteiger partial charge in [-0.2, -0.15) is 0 Å². The molecule has 2 nitrogen and oxygen atoms in total. The zero-order chi connectivity index (χ0) is 35.8. The molecule has 4 aliphatic carbocycles. The minimum atomic E-state index is 0.0513. The normalized spacial score (nSPS) is 22.8. The zero-order valence-corrected chi connectivity index (χ0v) is 30.6. The molecule has 0 saturated carbocycles. The van der Waals surface area contributed by atoms with E-state index < -0.39 is 0 Å². The Hall–Kier alpha value is -5.99. The number of aromatic nitrogens is 1. The Morgan fingerprint density at radius 3 is 2.41 bits per heavy atom. The van der Waals surface area contributed by atoms with Crippen LogP contribution in [0.4, 0.5) is 0 Å². The first-order valence-corrected chi connectivity index (χ1v) is 19.8. The minimum Gasteiger partial charge on any atom is -0.312 e. The summed E-state index contributed by atoms with van der Waals surface area (Å²) < 4.78 is 2.68. The van der Waals surface area contributed by atoms with Crippen LogP contribution in [0.3, 0.4) is 0 Å². The second kappa shape index (κ2) is 12.6. The number of allylic oxidation sites excluding steroid dienone is 10. The Kier molecular flexibility index (Phi) is 7.33. The number of dihydropyridines is 1. The molecule has 54 heavy (non-hydrogen) atoms. The van der Waals surface area contributed by atoms with E-state index in [9.17, 15) is 0 Å². The summed E-state index contributed by atoms with van der Waals surface area (Å²) in [6, 6.07) is 45.0. The van der Waals surface area contributed by atoms with E-state index in [-0.39, 0.29) is 23.8 Å². The van der Waals surface area contributed by atoms with Crippen molar-refractivity contribution < 1.29 is 0 Å². The van der Waals surface area contributed by atoms with Crippen molar-refractivity contribution in [2.75, 3.05) is 0 Å². The predicted octanol–water partition coefficient (Wildman–Crippen LogP) is 12.9. The fraction of sp³-hybridized carbons (Fsp3) is 0.173. The number of rotatable bonds is 4. The van der Waals surface area contributed by atoms with Gasteiger partial charge in [-0.1, -0.05) is 158 Å². The standard InChI is InChI=1S/C52H42N2/c1-33-44(32-46(35-17-4-2-5-18-35)53-51(33)36-19-6-3-7-20-36)45-31-38-30-37-21-9-11-23-40(37)52(49(38)42-25-13-12-24-41(42)45)54-47-27-15-14-26-43(47)50-39-22-10-8-16-34(39)28-29-48(50)54/h2-9,11-21,24-30,32-33,40,45,51H,10,22-23,31H2,1H3/t33?,40?,45-,51?/m1/s1. The van der Waals surface area contributed by atoms with Crippen molar-refractivity contribution in [2.24, 2.45) is 16.8 Å². The third-order valence-electron chi connectivity index (χ3n) is 12.8. The SMILES string of the molecule is CC1C([C@@H]2CC3=CC4=CC=CCC4C(n4c5ccccc5c5c6c(ccc54)C=CCC6)=C3c3ccccc32)=CC(c2ccccc2)=NC1c1ccccc1. The molecule has 1 aromatic heterocycles. The molecule has 260 valence electrons. The lowest BCUT2D eigenvalue weighted by Crippen LogP contribution is -2.27. The van der Waals surface area contributed by atoms with E-state index >= 15 is 0 Å². The summed E-state index contributed by atoms with van der Waals surface area (Å²) >= 11 is 0. The summed E-state index contributed by atoms with van der Waals surface area (Å²) in [4.78, 5) is 5.47.